The molecule has 0 saturated heterocycles. The third-order valence-corrected chi connectivity index (χ3v) is 2.94. The van der Waals surface area contributed by atoms with E-state index in [2.05, 4.69) is 44.3 Å². The molecule has 0 bridgehead atoms. The average Bonchev–Trinajstić information content (AvgIpc) is 2.07. The lowest BCUT2D eigenvalue weighted by molar-refractivity contribution is -0.527. The topological polar surface area (TPSA) is 36.2 Å². The van der Waals surface area contributed by atoms with Crippen molar-refractivity contribution in [3.8, 4) is 0 Å². The third-order valence-electron chi connectivity index (χ3n) is 2.94. The van der Waals surface area contributed by atoms with Crippen LogP contribution < -0.4 is 0 Å². The molecule has 0 amide bonds. The minimum Gasteiger partial charge on any atom is -0.870 e. The Hall–Kier alpha value is -0.570. The normalized spacial score (nSPS) is 30.8. The SMILES string of the molecule is CC1=[N+](C)C(C)C(C)N1C.[OH-]. The van der Waals surface area contributed by atoms with E-state index in [-0.39, 0.29) is 5.48 Å². The molecule has 1 aliphatic rings. The van der Waals surface area contributed by atoms with E-state index < -0.39 is 0 Å². The van der Waals surface area contributed by atoms with E-state index >= 15 is 0 Å². The standard InChI is InChI=1S/C8H17N2.H2O/c1-6-7(2)10(5)8(3)9(6)4;/h6-7H,1-5H3;1H2/q+1;/p-1. The first-order valence-corrected chi connectivity index (χ1v) is 3.85. The maximum atomic E-state index is 2.32. The van der Waals surface area contributed by atoms with Gasteiger partial charge in [-0.3, -0.25) is 9.48 Å². The van der Waals surface area contributed by atoms with Crippen LogP contribution in [-0.2, 0) is 0 Å². The van der Waals surface area contributed by atoms with Crippen molar-refractivity contribution < 1.29 is 10.1 Å². The van der Waals surface area contributed by atoms with E-state index in [0.717, 1.165) is 0 Å². The predicted molar refractivity (Wildman–Crippen MR) is 45.5 cm³/mol. The molecule has 1 N–H and O–H groups in total. The molecule has 0 radical (unpaired) electrons. The fourth-order valence-electron chi connectivity index (χ4n) is 1.49. The summed E-state index contributed by atoms with van der Waals surface area (Å²) in [5, 5.41) is 0. The lowest BCUT2D eigenvalue weighted by atomic mass is 10.2. The molecule has 2 unspecified atom stereocenters. The molecule has 0 aromatic heterocycles. The molecule has 3 nitrogen and oxygen atoms in total. The fourth-order valence-corrected chi connectivity index (χ4v) is 1.49. The second-order valence-electron chi connectivity index (χ2n) is 3.25. The van der Waals surface area contributed by atoms with Gasteiger partial charge in [-0.05, 0) is 13.8 Å². The van der Waals surface area contributed by atoms with Crippen LogP contribution in [0.3, 0.4) is 0 Å². The van der Waals surface area contributed by atoms with Gasteiger partial charge in [0.2, 0.25) is 5.84 Å². The highest BCUT2D eigenvalue weighted by Gasteiger charge is 2.35. The predicted octanol–water partition coefficient (Wildman–Crippen LogP) is 0.593. The van der Waals surface area contributed by atoms with Crippen molar-refractivity contribution in [2.24, 2.45) is 0 Å². The van der Waals surface area contributed by atoms with Gasteiger partial charge in [0.15, 0.2) is 0 Å². The van der Waals surface area contributed by atoms with Gasteiger partial charge >= 0.3 is 0 Å². The third kappa shape index (κ3) is 1.38. The van der Waals surface area contributed by atoms with Gasteiger partial charge in [-0.2, -0.15) is 0 Å². The maximum absolute atomic E-state index is 2.32. The van der Waals surface area contributed by atoms with Crippen molar-refractivity contribution in [2.45, 2.75) is 32.9 Å². The Bertz CT molecular complexity index is 159. The zero-order chi connectivity index (χ0) is 7.89. The van der Waals surface area contributed by atoms with Gasteiger partial charge in [0.25, 0.3) is 0 Å². The van der Waals surface area contributed by atoms with Crippen LogP contribution in [0.25, 0.3) is 0 Å². The van der Waals surface area contributed by atoms with E-state index in [1.165, 1.54) is 5.84 Å². The number of nitrogens with zero attached hydrogens (tertiary/aromatic N) is 2. The Balaban J connectivity index is 0.000001000. The van der Waals surface area contributed by atoms with Gasteiger partial charge in [-0.25, -0.2) is 0 Å². The second kappa shape index (κ2) is 3.22. The highest BCUT2D eigenvalue weighted by Crippen LogP contribution is 2.12. The summed E-state index contributed by atoms with van der Waals surface area (Å²) in [6.45, 7) is 6.69. The maximum Gasteiger partial charge on any atom is 0.243 e. The van der Waals surface area contributed by atoms with Crippen molar-refractivity contribution in [3.05, 3.63) is 0 Å². The highest BCUT2D eigenvalue weighted by molar-refractivity contribution is 5.75. The van der Waals surface area contributed by atoms with Crippen LogP contribution in [0, 0.1) is 0 Å². The molecule has 0 spiro atoms. The smallest absolute Gasteiger partial charge is 0.243 e. The Morgan fingerprint density at radius 1 is 1.36 bits per heavy atom. The van der Waals surface area contributed by atoms with Crippen LogP contribution in [0.5, 0.6) is 0 Å². The van der Waals surface area contributed by atoms with Crippen molar-refractivity contribution in [1.82, 2.24) is 4.90 Å². The first-order valence-electron chi connectivity index (χ1n) is 3.85. The van der Waals surface area contributed by atoms with Gasteiger partial charge in [0.1, 0.15) is 12.1 Å². The molecule has 3 heteroatoms. The summed E-state index contributed by atoms with van der Waals surface area (Å²) in [5.41, 5.74) is 0. The monoisotopic (exact) mass is 158 g/mol. The van der Waals surface area contributed by atoms with Crippen LogP contribution in [0.4, 0.5) is 0 Å². The Kier molecular flexibility index (Phi) is 3.05. The van der Waals surface area contributed by atoms with E-state index in [9.17, 15) is 0 Å². The molecule has 1 rings (SSSR count). The Morgan fingerprint density at radius 3 is 1.91 bits per heavy atom. The molecular weight excluding hydrogens is 140 g/mol. The van der Waals surface area contributed by atoms with Crippen LogP contribution >= 0.6 is 0 Å². The molecular formula is C8H18N2O. The lowest BCUT2D eigenvalue weighted by Crippen LogP contribution is -2.32. The number of hydrogen-bond donors (Lipinski definition) is 0. The van der Waals surface area contributed by atoms with Gasteiger partial charge in [0.05, 0.1) is 14.1 Å². The van der Waals surface area contributed by atoms with E-state index in [1.54, 1.807) is 0 Å². The Labute approximate surface area is 68.6 Å². The summed E-state index contributed by atoms with van der Waals surface area (Å²) in [5.74, 6) is 1.38. The average molecular weight is 158 g/mol. The number of likely N-dealkylation sites (N-methyl/N-ethyl adjacent to an activating group) is 2. The number of rotatable bonds is 0. The van der Waals surface area contributed by atoms with Gasteiger partial charge < -0.3 is 5.48 Å². The molecule has 2 atom stereocenters. The molecule has 1 aliphatic heterocycles. The fraction of sp³-hybridized carbons (Fsp3) is 0.875. The minimum atomic E-state index is 0. The van der Waals surface area contributed by atoms with Gasteiger partial charge in [-0.15, -0.1) is 0 Å². The number of amidine groups is 1. The van der Waals surface area contributed by atoms with E-state index in [1.807, 2.05) is 0 Å². The molecule has 0 aliphatic carbocycles. The summed E-state index contributed by atoms with van der Waals surface area (Å²) < 4.78 is 2.32. The number of hydrogen-bond acceptors (Lipinski definition) is 2. The van der Waals surface area contributed by atoms with E-state index in [0.29, 0.717) is 12.1 Å². The van der Waals surface area contributed by atoms with Gasteiger partial charge in [0, 0.05) is 6.92 Å². The summed E-state index contributed by atoms with van der Waals surface area (Å²) in [6.07, 6.45) is 0. The van der Waals surface area contributed by atoms with Crippen LogP contribution in [0.15, 0.2) is 0 Å². The Morgan fingerprint density at radius 2 is 1.82 bits per heavy atom. The summed E-state index contributed by atoms with van der Waals surface area (Å²) in [6, 6.07) is 1.31. The first-order chi connectivity index (χ1) is 4.55. The van der Waals surface area contributed by atoms with Crippen molar-refractivity contribution in [3.63, 3.8) is 0 Å². The first kappa shape index (κ1) is 10.4. The molecule has 11 heavy (non-hydrogen) atoms. The molecule has 0 saturated carbocycles. The zero-order valence-corrected chi connectivity index (χ0v) is 8.00. The lowest BCUT2D eigenvalue weighted by Gasteiger charge is -2.11. The summed E-state index contributed by atoms with van der Waals surface area (Å²) in [7, 11) is 4.31. The molecule has 66 valence electrons. The van der Waals surface area contributed by atoms with Crippen molar-refractivity contribution >= 4 is 5.84 Å². The van der Waals surface area contributed by atoms with Crippen LogP contribution in [-0.4, -0.2) is 47.0 Å². The van der Waals surface area contributed by atoms with Crippen LogP contribution in [0.1, 0.15) is 20.8 Å². The van der Waals surface area contributed by atoms with Crippen LogP contribution in [0.2, 0.25) is 0 Å². The largest absolute Gasteiger partial charge is 0.870 e. The van der Waals surface area contributed by atoms with Crippen molar-refractivity contribution in [1.29, 1.82) is 0 Å². The highest BCUT2D eigenvalue weighted by atomic mass is 16.0. The molecule has 0 fully saturated rings. The molecule has 0 aromatic rings. The minimum absolute atomic E-state index is 0. The van der Waals surface area contributed by atoms with Gasteiger partial charge in [-0.1, -0.05) is 0 Å². The molecule has 1 heterocycles. The van der Waals surface area contributed by atoms with E-state index in [4.69, 9.17) is 0 Å². The quantitative estimate of drug-likeness (QED) is 0.484. The van der Waals surface area contributed by atoms with Crippen molar-refractivity contribution in [2.75, 3.05) is 14.1 Å². The summed E-state index contributed by atoms with van der Waals surface area (Å²) in [4.78, 5) is 2.32. The summed E-state index contributed by atoms with van der Waals surface area (Å²) >= 11 is 0. The zero-order valence-electron chi connectivity index (χ0n) is 8.00. The second-order valence-corrected chi connectivity index (χ2v) is 3.25. The molecule has 0 aromatic carbocycles.